The highest BCUT2D eigenvalue weighted by molar-refractivity contribution is 5.96. The largest absolute Gasteiger partial charge is 0.433 e. The molecule has 5 heteroatoms. The summed E-state index contributed by atoms with van der Waals surface area (Å²) < 4.78 is 37.4. The van der Waals surface area contributed by atoms with Gasteiger partial charge in [-0.1, -0.05) is 20.3 Å². The summed E-state index contributed by atoms with van der Waals surface area (Å²) >= 11 is 0. The van der Waals surface area contributed by atoms with Crippen molar-refractivity contribution in [2.24, 2.45) is 0 Å². The minimum Gasteiger partial charge on any atom is -0.294 e. The third-order valence-electron chi connectivity index (χ3n) is 2.37. The zero-order chi connectivity index (χ0) is 13.1. The van der Waals surface area contributed by atoms with E-state index in [0.717, 1.165) is 6.07 Å². The van der Waals surface area contributed by atoms with E-state index in [1.54, 1.807) is 6.92 Å². The lowest BCUT2D eigenvalue weighted by Gasteiger charge is -2.11. The molecule has 94 valence electrons. The van der Waals surface area contributed by atoms with E-state index in [9.17, 15) is 18.0 Å². The number of rotatable bonds is 4. The van der Waals surface area contributed by atoms with E-state index in [0.29, 0.717) is 18.4 Å². The monoisotopic (exact) mass is 245 g/mol. The van der Waals surface area contributed by atoms with Gasteiger partial charge >= 0.3 is 6.18 Å². The smallest absolute Gasteiger partial charge is 0.294 e. The predicted molar refractivity (Wildman–Crippen MR) is 57.9 cm³/mol. The van der Waals surface area contributed by atoms with Crippen LogP contribution in [0.5, 0.6) is 0 Å². The average Bonchev–Trinajstić information content (AvgIpc) is 2.27. The molecular weight excluding hydrogens is 231 g/mol. The van der Waals surface area contributed by atoms with Gasteiger partial charge in [0.1, 0.15) is 5.69 Å². The van der Waals surface area contributed by atoms with Gasteiger partial charge in [-0.05, 0) is 18.6 Å². The molecule has 1 aromatic heterocycles. The summed E-state index contributed by atoms with van der Waals surface area (Å²) in [5.41, 5.74) is -0.384. The van der Waals surface area contributed by atoms with Crippen LogP contribution in [0.2, 0.25) is 0 Å². The van der Waals surface area contributed by atoms with Crippen molar-refractivity contribution in [2.75, 3.05) is 0 Å². The molecule has 0 radical (unpaired) electrons. The van der Waals surface area contributed by atoms with Crippen LogP contribution in [0.3, 0.4) is 0 Å². The second kappa shape index (κ2) is 5.29. The number of aryl methyl sites for hydroxylation is 1. The molecule has 0 amide bonds. The summed E-state index contributed by atoms with van der Waals surface area (Å²) in [4.78, 5) is 15.1. The molecular formula is C12H14F3NO. The lowest BCUT2D eigenvalue weighted by molar-refractivity contribution is -0.141. The van der Waals surface area contributed by atoms with Gasteiger partial charge in [-0.2, -0.15) is 13.2 Å². The number of ketones is 1. The maximum absolute atomic E-state index is 12.5. The number of hydrogen-bond donors (Lipinski definition) is 0. The fraction of sp³-hybridized carbons (Fsp3) is 0.500. The first-order valence-electron chi connectivity index (χ1n) is 5.50. The molecule has 1 heterocycles. The van der Waals surface area contributed by atoms with E-state index in [4.69, 9.17) is 0 Å². The van der Waals surface area contributed by atoms with Gasteiger partial charge in [0, 0.05) is 12.0 Å². The highest BCUT2D eigenvalue weighted by Gasteiger charge is 2.33. The Morgan fingerprint density at radius 3 is 2.41 bits per heavy atom. The molecule has 0 fully saturated rings. The molecule has 0 saturated heterocycles. The van der Waals surface area contributed by atoms with Crippen LogP contribution in [0.15, 0.2) is 12.1 Å². The summed E-state index contributed by atoms with van der Waals surface area (Å²) in [6.45, 7) is 3.51. The lowest BCUT2D eigenvalue weighted by atomic mass is 10.0. The van der Waals surface area contributed by atoms with Crippen LogP contribution >= 0.6 is 0 Å². The van der Waals surface area contributed by atoms with Crippen molar-refractivity contribution in [1.29, 1.82) is 0 Å². The van der Waals surface area contributed by atoms with Crippen LogP contribution in [-0.2, 0) is 12.6 Å². The number of aromatic nitrogens is 1. The molecule has 0 aromatic carbocycles. The fourth-order valence-electron chi connectivity index (χ4n) is 1.53. The standard InChI is InChI=1S/C12H14F3NO/c1-3-5-9-8(10(17)4-2)6-7-11(16-9)12(13,14)15/h6-7H,3-5H2,1-2H3. The molecule has 17 heavy (non-hydrogen) atoms. The Labute approximate surface area is 97.9 Å². The molecule has 1 rings (SSSR count). The fourth-order valence-corrected chi connectivity index (χ4v) is 1.53. The van der Waals surface area contributed by atoms with Crippen molar-refractivity contribution in [1.82, 2.24) is 4.98 Å². The van der Waals surface area contributed by atoms with Crippen LogP contribution < -0.4 is 0 Å². The SMILES string of the molecule is CCCc1nc(C(F)(F)F)ccc1C(=O)CC. The lowest BCUT2D eigenvalue weighted by Crippen LogP contribution is -2.13. The number of carbonyl (C=O) groups is 1. The molecule has 0 saturated carbocycles. The number of carbonyl (C=O) groups excluding carboxylic acids is 1. The number of halogens is 3. The quantitative estimate of drug-likeness (QED) is 0.758. The van der Waals surface area contributed by atoms with E-state index in [2.05, 4.69) is 4.98 Å². The van der Waals surface area contributed by atoms with Crippen LogP contribution in [0.1, 0.15) is 48.4 Å². The number of pyridine rings is 1. The van der Waals surface area contributed by atoms with Crippen LogP contribution in [0.4, 0.5) is 13.2 Å². The van der Waals surface area contributed by atoms with Gasteiger partial charge in [0.15, 0.2) is 5.78 Å². The summed E-state index contributed by atoms with van der Waals surface area (Å²) in [5.74, 6) is -0.172. The van der Waals surface area contributed by atoms with Crippen molar-refractivity contribution in [3.05, 3.63) is 29.1 Å². The number of hydrogen-bond acceptors (Lipinski definition) is 2. The Balaban J connectivity index is 3.21. The molecule has 0 N–H and O–H groups in total. The molecule has 0 aliphatic heterocycles. The van der Waals surface area contributed by atoms with Gasteiger partial charge in [-0.15, -0.1) is 0 Å². The normalized spacial score (nSPS) is 11.6. The molecule has 0 aliphatic carbocycles. The maximum atomic E-state index is 12.5. The molecule has 1 aromatic rings. The Morgan fingerprint density at radius 2 is 1.94 bits per heavy atom. The van der Waals surface area contributed by atoms with Crippen molar-refractivity contribution in [3.8, 4) is 0 Å². The molecule has 0 bridgehead atoms. The Hall–Kier alpha value is -1.39. The Morgan fingerprint density at radius 1 is 1.29 bits per heavy atom. The molecule has 2 nitrogen and oxygen atoms in total. The molecule has 0 aliphatic rings. The Bertz CT molecular complexity index is 413. The second-order valence-corrected chi connectivity index (χ2v) is 3.72. The van der Waals surface area contributed by atoms with Gasteiger partial charge < -0.3 is 0 Å². The van der Waals surface area contributed by atoms with Crippen LogP contribution in [0, 0.1) is 0 Å². The van der Waals surface area contributed by atoms with Crippen molar-refractivity contribution in [3.63, 3.8) is 0 Å². The third kappa shape index (κ3) is 3.28. The van der Waals surface area contributed by atoms with E-state index < -0.39 is 11.9 Å². The van der Waals surface area contributed by atoms with Crippen LogP contribution in [0.25, 0.3) is 0 Å². The maximum Gasteiger partial charge on any atom is 0.433 e. The zero-order valence-electron chi connectivity index (χ0n) is 9.77. The molecule has 0 spiro atoms. The first kappa shape index (κ1) is 13.7. The van der Waals surface area contributed by atoms with E-state index in [1.165, 1.54) is 6.07 Å². The second-order valence-electron chi connectivity index (χ2n) is 3.72. The number of alkyl halides is 3. The number of nitrogens with zero attached hydrogens (tertiary/aromatic N) is 1. The van der Waals surface area contributed by atoms with E-state index >= 15 is 0 Å². The average molecular weight is 245 g/mol. The summed E-state index contributed by atoms with van der Waals surface area (Å²) in [5, 5.41) is 0. The van der Waals surface area contributed by atoms with Crippen LogP contribution in [-0.4, -0.2) is 10.8 Å². The topological polar surface area (TPSA) is 30.0 Å². The number of Topliss-reactive ketones (excluding diaryl/α,β-unsaturated/α-hetero) is 1. The van der Waals surface area contributed by atoms with Gasteiger partial charge in [-0.3, -0.25) is 4.79 Å². The zero-order valence-corrected chi connectivity index (χ0v) is 9.77. The van der Waals surface area contributed by atoms with Crippen molar-refractivity contribution >= 4 is 5.78 Å². The minimum absolute atomic E-state index is 0.172. The van der Waals surface area contributed by atoms with Gasteiger partial charge in [0.2, 0.25) is 0 Å². The van der Waals surface area contributed by atoms with Crippen molar-refractivity contribution < 1.29 is 18.0 Å². The highest BCUT2D eigenvalue weighted by Crippen LogP contribution is 2.28. The molecule has 0 unspecified atom stereocenters. The highest BCUT2D eigenvalue weighted by atomic mass is 19.4. The third-order valence-corrected chi connectivity index (χ3v) is 2.37. The Kier molecular flexibility index (Phi) is 4.26. The van der Waals surface area contributed by atoms with E-state index in [1.807, 2.05) is 6.92 Å². The van der Waals surface area contributed by atoms with E-state index in [-0.39, 0.29) is 17.9 Å². The predicted octanol–water partition coefficient (Wildman–Crippen LogP) is 3.65. The van der Waals surface area contributed by atoms with Crippen molar-refractivity contribution in [2.45, 2.75) is 39.3 Å². The minimum atomic E-state index is -4.46. The summed E-state index contributed by atoms with van der Waals surface area (Å²) in [6, 6.07) is 2.09. The molecule has 0 atom stereocenters. The summed E-state index contributed by atoms with van der Waals surface area (Å²) in [7, 11) is 0. The van der Waals surface area contributed by atoms with Gasteiger partial charge in [0.25, 0.3) is 0 Å². The summed E-state index contributed by atoms with van der Waals surface area (Å²) in [6.07, 6.45) is -3.16. The first-order chi connectivity index (χ1) is 7.90. The van der Waals surface area contributed by atoms with Gasteiger partial charge in [-0.25, -0.2) is 4.98 Å². The first-order valence-corrected chi connectivity index (χ1v) is 5.50. The van der Waals surface area contributed by atoms with Gasteiger partial charge in [0.05, 0.1) is 5.69 Å².